The van der Waals surface area contributed by atoms with Gasteiger partial charge in [-0.1, -0.05) is 48.5 Å². The van der Waals surface area contributed by atoms with Crippen molar-refractivity contribution in [1.29, 1.82) is 0 Å². The van der Waals surface area contributed by atoms with Crippen LogP contribution in [0.2, 0.25) is 0 Å². The summed E-state index contributed by atoms with van der Waals surface area (Å²) in [5.74, 6) is -1.46. The summed E-state index contributed by atoms with van der Waals surface area (Å²) in [7, 11) is 2.95. The van der Waals surface area contributed by atoms with E-state index >= 15 is 0 Å². The number of benzene rings is 2. The van der Waals surface area contributed by atoms with Crippen molar-refractivity contribution in [2.24, 2.45) is 0 Å². The Balaban J connectivity index is 1.81. The lowest BCUT2D eigenvalue weighted by Gasteiger charge is -2.15. The van der Waals surface area contributed by atoms with E-state index in [0.29, 0.717) is 5.69 Å². The summed E-state index contributed by atoms with van der Waals surface area (Å²) in [6.45, 7) is -0.592. The topological polar surface area (TPSA) is 93.5 Å². The minimum Gasteiger partial charge on any atom is -0.452 e. The van der Waals surface area contributed by atoms with E-state index in [1.54, 1.807) is 10.9 Å². The van der Waals surface area contributed by atoms with E-state index in [9.17, 15) is 14.4 Å². The zero-order valence-electron chi connectivity index (χ0n) is 16.7. The van der Waals surface area contributed by atoms with Gasteiger partial charge in [0.2, 0.25) is 5.91 Å². The molecule has 3 rings (SSSR count). The van der Waals surface area contributed by atoms with Crippen LogP contribution in [0.4, 0.5) is 0 Å². The molecule has 0 aliphatic heterocycles. The summed E-state index contributed by atoms with van der Waals surface area (Å²) in [5, 5.41) is 6.99. The first kappa shape index (κ1) is 20.8. The lowest BCUT2D eigenvalue weighted by molar-refractivity contribution is -0.137. The molecule has 1 N–H and O–H groups in total. The van der Waals surface area contributed by atoms with Crippen molar-refractivity contribution >= 4 is 17.8 Å². The second-order valence-corrected chi connectivity index (χ2v) is 6.54. The van der Waals surface area contributed by atoms with Gasteiger partial charge in [0.05, 0.1) is 12.2 Å². The van der Waals surface area contributed by atoms with E-state index in [0.717, 1.165) is 11.3 Å². The zero-order chi connectivity index (χ0) is 21.5. The van der Waals surface area contributed by atoms with Crippen LogP contribution in [0.3, 0.4) is 0 Å². The molecular weight excluding hydrogens is 384 g/mol. The van der Waals surface area contributed by atoms with Crippen LogP contribution in [0.25, 0.3) is 16.9 Å². The Morgan fingerprint density at radius 1 is 1.03 bits per heavy atom. The molecule has 1 heterocycles. The van der Waals surface area contributed by atoms with Crippen molar-refractivity contribution in [2.45, 2.75) is 0 Å². The average molecular weight is 406 g/mol. The van der Waals surface area contributed by atoms with Gasteiger partial charge < -0.3 is 15.0 Å². The van der Waals surface area contributed by atoms with Gasteiger partial charge in [0.25, 0.3) is 5.91 Å². The molecule has 0 bridgehead atoms. The molecule has 0 aliphatic carbocycles. The number of carbonyl (C=O) groups excluding carboxylic acids is 3. The molecule has 0 atom stereocenters. The number of ether oxygens (including phenoxy) is 1. The molecular formula is C22H22N4O4. The lowest BCUT2D eigenvalue weighted by Crippen LogP contribution is -2.39. The number of hydrogen-bond acceptors (Lipinski definition) is 5. The van der Waals surface area contributed by atoms with Crippen LogP contribution in [0.1, 0.15) is 10.4 Å². The third kappa shape index (κ3) is 4.91. The van der Waals surface area contributed by atoms with Crippen LogP contribution in [-0.2, 0) is 14.3 Å². The van der Waals surface area contributed by atoms with Gasteiger partial charge in [-0.15, -0.1) is 0 Å². The fourth-order valence-electron chi connectivity index (χ4n) is 2.74. The van der Waals surface area contributed by atoms with E-state index in [4.69, 9.17) is 4.74 Å². The largest absolute Gasteiger partial charge is 0.452 e. The van der Waals surface area contributed by atoms with Crippen LogP contribution in [0.15, 0.2) is 66.9 Å². The smallest absolute Gasteiger partial charge is 0.342 e. The molecule has 0 unspecified atom stereocenters. The first-order valence-electron chi connectivity index (χ1n) is 9.31. The average Bonchev–Trinajstić information content (AvgIpc) is 3.24. The van der Waals surface area contributed by atoms with Crippen LogP contribution >= 0.6 is 0 Å². The maximum atomic E-state index is 12.8. The SMILES string of the molecule is CNC(=O)CN(C)C(=O)COC(=O)c1cn(-c2ccccc2)nc1-c1ccccc1. The second-order valence-electron chi connectivity index (χ2n) is 6.54. The Labute approximate surface area is 174 Å². The summed E-state index contributed by atoms with van der Waals surface area (Å²) in [5.41, 5.74) is 2.24. The van der Waals surface area contributed by atoms with Crippen molar-refractivity contribution in [3.63, 3.8) is 0 Å². The number of esters is 1. The predicted octanol–water partition coefficient (Wildman–Crippen LogP) is 1.90. The first-order valence-corrected chi connectivity index (χ1v) is 9.31. The number of nitrogens with zero attached hydrogens (tertiary/aromatic N) is 3. The van der Waals surface area contributed by atoms with Crippen molar-refractivity contribution < 1.29 is 19.1 Å². The van der Waals surface area contributed by atoms with Gasteiger partial charge in [-0.3, -0.25) is 9.59 Å². The normalized spacial score (nSPS) is 10.3. The molecule has 30 heavy (non-hydrogen) atoms. The van der Waals surface area contributed by atoms with E-state index in [2.05, 4.69) is 10.4 Å². The second kappa shape index (κ2) is 9.51. The molecule has 1 aromatic heterocycles. The molecule has 3 aromatic rings. The van der Waals surface area contributed by atoms with Gasteiger partial charge in [0.15, 0.2) is 6.61 Å². The molecule has 0 saturated carbocycles. The number of para-hydroxylation sites is 1. The van der Waals surface area contributed by atoms with Gasteiger partial charge in [-0.25, -0.2) is 9.48 Å². The van der Waals surface area contributed by atoms with E-state index < -0.39 is 18.5 Å². The Morgan fingerprint density at radius 3 is 2.30 bits per heavy atom. The summed E-state index contributed by atoms with van der Waals surface area (Å²) < 4.78 is 6.82. The Kier molecular flexibility index (Phi) is 6.59. The van der Waals surface area contributed by atoms with Crippen molar-refractivity contribution in [3.05, 3.63) is 72.4 Å². The summed E-state index contributed by atoms with van der Waals surface area (Å²) in [6, 6.07) is 18.6. The molecule has 0 spiro atoms. The summed E-state index contributed by atoms with van der Waals surface area (Å²) in [6.07, 6.45) is 1.58. The molecule has 2 amide bonds. The monoisotopic (exact) mass is 406 g/mol. The molecule has 0 aliphatic rings. The van der Waals surface area contributed by atoms with Crippen molar-refractivity contribution in [3.8, 4) is 16.9 Å². The number of amides is 2. The maximum absolute atomic E-state index is 12.8. The number of nitrogens with one attached hydrogen (secondary N) is 1. The van der Waals surface area contributed by atoms with Crippen LogP contribution in [0.5, 0.6) is 0 Å². The quantitative estimate of drug-likeness (QED) is 0.605. The summed E-state index contributed by atoms with van der Waals surface area (Å²) in [4.78, 5) is 37.5. The number of aromatic nitrogens is 2. The first-order chi connectivity index (χ1) is 14.5. The third-order valence-electron chi connectivity index (χ3n) is 4.41. The predicted molar refractivity (Wildman–Crippen MR) is 111 cm³/mol. The highest BCUT2D eigenvalue weighted by Gasteiger charge is 2.22. The van der Waals surface area contributed by atoms with Gasteiger partial charge in [-0.2, -0.15) is 5.10 Å². The van der Waals surface area contributed by atoms with Crippen molar-refractivity contribution in [1.82, 2.24) is 20.0 Å². The molecule has 0 fully saturated rings. The number of hydrogen-bond donors (Lipinski definition) is 1. The summed E-state index contributed by atoms with van der Waals surface area (Å²) >= 11 is 0. The number of rotatable bonds is 7. The Bertz CT molecular complexity index is 1030. The minimum absolute atomic E-state index is 0.117. The highest BCUT2D eigenvalue weighted by molar-refractivity contribution is 5.97. The molecule has 154 valence electrons. The molecule has 0 radical (unpaired) electrons. The van der Waals surface area contributed by atoms with Crippen LogP contribution < -0.4 is 5.32 Å². The van der Waals surface area contributed by atoms with Crippen LogP contribution in [0, 0.1) is 0 Å². The van der Waals surface area contributed by atoms with Crippen molar-refractivity contribution in [2.75, 3.05) is 27.2 Å². The fourth-order valence-corrected chi connectivity index (χ4v) is 2.74. The van der Waals surface area contributed by atoms with Gasteiger partial charge >= 0.3 is 5.97 Å². The third-order valence-corrected chi connectivity index (χ3v) is 4.41. The zero-order valence-corrected chi connectivity index (χ0v) is 16.7. The molecule has 2 aromatic carbocycles. The maximum Gasteiger partial charge on any atom is 0.342 e. The molecule has 0 saturated heterocycles. The van der Waals surface area contributed by atoms with Crippen LogP contribution in [-0.4, -0.2) is 59.7 Å². The standard InChI is InChI=1S/C22H22N4O4/c1-23-19(27)14-25(2)20(28)15-30-22(29)18-13-26(17-11-7-4-8-12-17)24-21(18)16-9-5-3-6-10-16/h3-13H,14-15H2,1-2H3,(H,23,27). The van der Waals surface area contributed by atoms with E-state index in [-0.39, 0.29) is 18.0 Å². The fraction of sp³-hybridized carbons (Fsp3) is 0.182. The Morgan fingerprint density at radius 2 is 1.67 bits per heavy atom. The van der Waals surface area contributed by atoms with Gasteiger partial charge in [0, 0.05) is 25.9 Å². The lowest BCUT2D eigenvalue weighted by atomic mass is 10.1. The van der Waals surface area contributed by atoms with Gasteiger partial charge in [-0.05, 0) is 12.1 Å². The minimum atomic E-state index is -0.669. The van der Waals surface area contributed by atoms with E-state index in [1.807, 2.05) is 60.7 Å². The number of likely N-dealkylation sites (N-methyl/N-ethyl adjacent to an activating group) is 2. The van der Waals surface area contributed by atoms with E-state index in [1.165, 1.54) is 19.0 Å². The number of carbonyl (C=O) groups is 3. The Hall–Kier alpha value is -3.94. The van der Waals surface area contributed by atoms with Gasteiger partial charge in [0.1, 0.15) is 11.3 Å². The molecule has 8 heteroatoms. The highest BCUT2D eigenvalue weighted by atomic mass is 16.5. The highest BCUT2D eigenvalue weighted by Crippen LogP contribution is 2.24. The molecule has 8 nitrogen and oxygen atoms in total.